The van der Waals surface area contributed by atoms with Crippen molar-refractivity contribution in [3.63, 3.8) is 0 Å². The summed E-state index contributed by atoms with van der Waals surface area (Å²) in [6, 6.07) is 7.28. The first-order valence-corrected chi connectivity index (χ1v) is 9.84. The normalized spacial score (nSPS) is 10.7. The number of carbonyl (C=O) groups is 1. The monoisotopic (exact) mass is 431 g/mol. The molecule has 28 heavy (non-hydrogen) atoms. The highest BCUT2D eigenvalue weighted by molar-refractivity contribution is 7.92. The first kappa shape index (κ1) is 23.2. The fourth-order valence-electron chi connectivity index (χ4n) is 2.27. The van der Waals surface area contributed by atoms with E-state index in [-0.39, 0.29) is 24.9 Å². The minimum absolute atomic E-state index is 0. The Morgan fingerprint density at radius 3 is 2.21 bits per heavy atom. The Bertz CT molecular complexity index is 1060. The largest absolute Gasteiger partial charge is 0.369 e. The molecule has 0 aliphatic heterocycles. The van der Waals surface area contributed by atoms with E-state index in [1.807, 2.05) is 0 Å². The number of hydrogen-bond acceptors (Lipinski definition) is 6. The topological polar surface area (TPSA) is 131 Å². The van der Waals surface area contributed by atoms with Gasteiger partial charge in [0.05, 0.1) is 6.26 Å². The van der Waals surface area contributed by atoms with Gasteiger partial charge in [-0.2, -0.15) is 0 Å². The molecule has 154 valence electrons. The zero-order valence-electron chi connectivity index (χ0n) is 15.6. The van der Waals surface area contributed by atoms with Crippen LogP contribution in [0.5, 0.6) is 0 Å². The molecule has 0 bridgehead atoms. The molecule has 1 amide bonds. The Hall–Kier alpha value is -2.79. The summed E-state index contributed by atoms with van der Waals surface area (Å²) in [6.07, 6.45) is 1.04. The number of rotatable bonds is 7. The minimum Gasteiger partial charge on any atom is -0.369 e. The molecular weight excluding hydrogens is 410 g/mol. The molecule has 0 aliphatic rings. The molecule has 0 spiro atoms. The number of benzene rings is 1. The van der Waals surface area contributed by atoms with E-state index in [0.717, 1.165) is 10.8 Å². The Kier molecular flexibility index (Phi) is 7.82. The smallest absolute Gasteiger partial charge is 0.332 e. The fraction of sp³-hybridized carbons (Fsp3) is 0.312. The zero-order chi connectivity index (χ0) is 20.2. The van der Waals surface area contributed by atoms with Crippen LogP contribution in [0.15, 0.2) is 39.9 Å². The van der Waals surface area contributed by atoms with Crippen LogP contribution in [0.25, 0.3) is 0 Å². The Labute approximate surface area is 168 Å². The molecule has 1 aromatic heterocycles. The second-order valence-corrected chi connectivity index (χ2v) is 7.65. The molecule has 1 aromatic carbocycles. The lowest BCUT2D eigenvalue weighted by Gasteiger charge is -2.12. The number of nitrogens with one attached hydrogen (secondary N) is 3. The first-order chi connectivity index (χ1) is 12.6. The van der Waals surface area contributed by atoms with Crippen molar-refractivity contribution < 1.29 is 13.2 Å². The summed E-state index contributed by atoms with van der Waals surface area (Å²) < 4.78 is 26.9. The summed E-state index contributed by atoms with van der Waals surface area (Å²) in [5.41, 5.74) is -0.137. The predicted octanol–water partition coefficient (Wildman–Crippen LogP) is -0.281. The predicted molar refractivity (Wildman–Crippen MR) is 110 cm³/mol. The molecule has 0 fully saturated rings. The molecule has 0 unspecified atom stereocenters. The molecule has 2 rings (SSSR count). The molecule has 0 saturated carbocycles. The second-order valence-electron chi connectivity index (χ2n) is 5.90. The van der Waals surface area contributed by atoms with E-state index in [1.165, 1.54) is 49.0 Å². The van der Waals surface area contributed by atoms with E-state index in [1.54, 1.807) is 0 Å². The van der Waals surface area contributed by atoms with E-state index in [4.69, 9.17) is 0 Å². The van der Waals surface area contributed by atoms with Gasteiger partial charge < -0.3 is 10.6 Å². The third-order valence-electron chi connectivity index (χ3n) is 3.69. The van der Waals surface area contributed by atoms with Gasteiger partial charge in [-0.3, -0.25) is 23.4 Å². The van der Waals surface area contributed by atoms with Crippen molar-refractivity contribution in [1.29, 1.82) is 0 Å². The van der Waals surface area contributed by atoms with E-state index < -0.39 is 21.3 Å². The van der Waals surface area contributed by atoms with Gasteiger partial charge in [0.1, 0.15) is 5.82 Å². The number of halogens is 1. The van der Waals surface area contributed by atoms with E-state index >= 15 is 0 Å². The highest BCUT2D eigenvalue weighted by Gasteiger charge is 2.08. The SMILES string of the molecule is Cl.Cn1c(NCCNC(=O)c2ccc(NS(C)(=O)=O)cc2)cc(=O)n(C)c1=O. The van der Waals surface area contributed by atoms with Gasteiger partial charge in [0, 0.05) is 44.5 Å². The molecule has 12 heteroatoms. The number of nitrogens with zero attached hydrogens (tertiary/aromatic N) is 2. The molecule has 2 aromatic rings. The van der Waals surface area contributed by atoms with E-state index in [0.29, 0.717) is 23.6 Å². The van der Waals surface area contributed by atoms with Gasteiger partial charge in [0.25, 0.3) is 11.5 Å². The molecule has 0 saturated heterocycles. The van der Waals surface area contributed by atoms with Crippen LogP contribution < -0.4 is 26.6 Å². The molecule has 1 heterocycles. The zero-order valence-corrected chi connectivity index (χ0v) is 17.2. The van der Waals surface area contributed by atoms with Crippen molar-refractivity contribution in [2.75, 3.05) is 29.4 Å². The lowest BCUT2D eigenvalue weighted by molar-refractivity contribution is 0.0955. The number of hydrogen-bond donors (Lipinski definition) is 3. The minimum atomic E-state index is -3.37. The summed E-state index contributed by atoms with van der Waals surface area (Å²) in [5, 5.41) is 5.61. The van der Waals surface area contributed by atoms with Crippen LogP contribution in [-0.2, 0) is 24.1 Å². The van der Waals surface area contributed by atoms with Crippen molar-refractivity contribution >= 4 is 39.8 Å². The van der Waals surface area contributed by atoms with Gasteiger partial charge in [-0.05, 0) is 24.3 Å². The summed E-state index contributed by atoms with van der Waals surface area (Å²) in [7, 11) is -0.443. The van der Waals surface area contributed by atoms with Crippen molar-refractivity contribution in [3.8, 4) is 0 Å². The lowest BCUT2D eigenvalue weighted by atomic mass is 10.2. The van der Waals surface area contributed by atoms with Crippen molar-refractivity contribution in [2.24, 2.45) is 14.1 Å². The number of carbonyl (C=O) groups excluding carboxylic acids is 1. The lowest BCUT2D eigenvalue weighted by Crippen LogP contribution is -2.38. The second kappa shape index (κ2) is 9.42. The van der Waals surface area contributed by atoms with E-state index in [2.05, 4.69) is 15.4 Å². The van der Waals surface area contributed by atoms with Crippen LogP contribution >= 0.6 is 12.4 Å². The molecule has 0 atom stereocenters. The highest BCUT2D eigenvalue weighted by Crippen LogP contribution is 2.10. The van der Waals surface area contributed by atoms with Crippen LogP contribution in [0.2, 0.25) is 0 Å². The number of amides is 1. The standard InChI is InChI=1S/C16H21N5O5S.ClH/c1-20-13(10-14(22)21(2)16(20)24)17-8-9-18-15(23)11-4-6-12(7-5-11)19-27(3,25)26;/h4-7,10,17,19H,8-9H2,1-3H3,(H,18,23);1H. The van der Waals surface area contributed by atoms with Gasteiger partial charge in [-0.1, -0.05) is 0 Å². The van der Waals surface area contributed by atoms with Gasteiger partial charge in [0.15, 0.2) is 0 Å². The fourth-order valence-corrected chi connectivity index (χ4v) is 2.84. The van der Waals surface area contributed by atoms with Crippen molar-refractivity contribution in [2.45, 2.75) is 0 Å². The van der Waals surface area contributed by atoms with Crippen LogP contribution in [0.4, 0.5) is 11.5 Å². The highest BCUT2D eigenvalue weighted by atomic mass is 35.5. The Balaban J connectivity index is 0.00000392. The maximum atomic E-state index is 12.1. The maximum Gasteiger partial charge on any atom is 0.332 e. The Morgan fingerprint density at radius 1 is 1.04 bits per heavy atom. The molecule has 10 nitrogen and oxygen atoms in total. The van der Waals surface area contributed by atoms with Crippen molar-refractivity contribution in [1.82, 2.24) is 14.5 Å². The molecule has 0 aliphatic carbocycles. The van der Waals surface area contributed by atoms with Gasteiger partial charge in [-0.25, -0.2) is 13.2 Å². The average Bonchev–Trinajstić information content (AvgIpc) is 2.60. The van der Waals surface area contributed by atoms with E-state index in [9.17, 15) is 22.8 Å². The average molecular weight is 432 g/mol. The molecule has 0 radical (unpaired) electrons. The maximum absolute atomic E-state index is 12.1. The number of aromatic nitrogens is 2. The van der Waals surface area contributed by atoms with Crippen LogP contribution in [0.1, 0.15) is 10.4 Å². The van der Waals surface area contributed by atoms with Crippen LogP contribution in [0.3, 0.4) is 0 Å². The summed E-state index contributed by atoms with van der Waals surface area (Å²) in [4.78, 5) is 35.6. The van der Waals surface area contributed by atoms with Crippen LogP contribution in [0, 0.1) is 0 Å². The summed E-state index contributed by atoms with van der Waals surface area (Å²) >= 11 is 0. The quantitative estimate of drug-likeness (QED) is 0.517. The van der Waals surface area contributed by atoms with Crippen LogP contribution in [-0.4, -0.2) is 42.8 Å². The van der Waals surface area contributed by atoms with Crippen molar-refractivity contribution in [3.05, 3.63) is 56.7 Å². The number of sulfonamides is 1. The number of anilines is 2. The Morgan fingerprint density at radius 2 is 1.64 bits per heavy atom. The van der Waals surface area contributed by atoms with Gasteiger partial charge in [-0.15, -0.1) is 12.4 Å². The third kappa shape index (κ3) is 6.13. The summed E-state index contributed by atoms with van der Waals surface area (Å²) in [5.74, 6) is 0.0223. The summed E-state index contributed by atoms with van der Waals surface area (Å²) in [6.45, 7) is 0.561. The molecular formula is C16H22ClN5O5S. The molecule has 3 N–H and O–H groups in total. The van der Waals surface area contributed by atoms with Gasteiger partial charge >= 0.3 is 5.69 Å². The third-order valence-corrected chi connectivity index (χ3v) is 4.30. The van der Waals surface area contributed by atoms with Gasteiger partial charge in [0.2, 0.25) is 10.0 Å². The first-order valence-electron chi connectivity index (χ1n) is 7.95.